The van der Waals surface area contributed by atoms with Gasteiger partial charge in [0.1, 0.15) is 5.52 Å². The van der Waals surface area contributed by atoms with E-state index in [-0.39, 0.29) is 0 Å². The zero-order valence-corrected chi connectivity index (χ0v) is 27.1. The van der Waals surface area contributed by atoms with Crippen LogP contribution in [0.2, 0.25) is 0 Å². The van der Waals surface area contributed by atoms with Crippen LogP contribution in [0.25, 0.3) is 76.8 Å². The summed E-state index contributed by atoms with van der Waals surface area (Å²) in [6.45, 7) is 0. The summed E-state index contributed by atoms with van der Waals surface area (Å²) in [6.07, 6.45) is 0. The van der Waals surface area contributed by atoms with E-state index in [9.17, 15) is 0 Å². The molecule has 0 saturated carbocycles. The van der Waals surface area contributed by atoms with E-state index in [0.717, 1.165) is 55.3 Å². The summed E-state index contributed by atoms with van der Waals surface area (Å²) in [4.78, 5) is 7.37. The number of fused-ring (bicyclic) bond motifs is 8. The van der Waals surface area contributed by atoms with Gasteiger partial charge in [0.15, 0.2) is 5.58 Å². The quantitative estimate of drug-likeness (QED) is 0.176. The molecule has 0 spiro atoms. The number of rotatable bonds is 5. The van der Waals surface area contributed by atoms with Crippen molar-refractivity contribution in [1.29, 1.82) is 0 Å². The SMILES string of the molecule is c1ccc(-c2nc3ccc4c(-c5ccccc5)cc5ccc(N(c6ccccc6)c6cc7ccccc7c7ccccc67)cc5c4c3o2)cc1. The third-order valence-electron chi connectivity index (χ3n) is 9.82. The molecule has 0 amide bonds. The lowest BCUT2D eigenvalue weighted by Crippen LogP contribution is -2.10. The molecule has 0 N–H and O–H groups in total. The summed E-state index contributed by atoms with van der Waals surface area (Å²) in [5, 5.41) is 9.34. The van der Waals surface area contributed by atoms with E-state index < -0.39 is 0 Å². The standard InChI is InChI=1S/C47H30N2O/c1-4-14-31(15-5-1)41-28-34-24-25-36(30-42(34)45-40(41)26-27-43-46(45)50-47(48-43)32-16-6-2-7-17-32)49(35-19-8-3-9-20-35)44-29-33-18-10-11-21-37(33)38-22-12-13-23-39(38)44/h1-30H. The molecule has 1 heterocycles. The fraction of sp³-hybridized carbons (Fsp3) is 0. The first-order valence-corrected chi connectivity index (χ1v) is 17.0. The normalized spacial score (nSPS) is 11.6. The number of hydrogen-bond acceptors (Lipinski definition) is 3. The van der Waals surface area contributed by atoms with Gasteiger partial charge in [-0.1, -0.05) is 127 Å². The van der Waals surface area contributed by atoms with Gasteiger partial charge in [0.05, 0.1) is 5.69 Å². The van der Waals surface area contributed by atoms with E-state index in [2.05, 4.69) is 157 Å². The van der Waals surface area contributed by atoms with Crippen LogP contribution in [0.15, 0.2) is 186 Å². The van der Waals surface area contributed by atoms with Crippen molar-refractivity contribution in [2.45, 2.75) is 0 Å². The van der Waals surface area contributed by atoms with Crippen molar-refractivity contribution < 1.29 is 4.42 Å². The van der Waals surface area contributed by atoms with E-state index in [0.29, 0.717) is 5.89 Å². The number of benzene rings is 9. The summed E-state index contributed by atoms with van der Waals surface area (Å²) in [5.74, 6) is 0.621. The molecule has 0 fully saturated rings. The topological polar surface area (TPSA) is 29.3 Å². The lowest BCUT2D eigenvalue weighted by atomic mass is 9.92. The van der Waals surface area contributed by atoms with Gasteiger partial charge in [0.25, 0.3) is 0 Å². The third kappa shape index (κ3) is 4.56. The minimum Gasteiger partial charge on any atom is -0.435 e. The smallest absolute Gasteiger partial charge is 0.227 e. The summed E-state index contributed by atoms with van der Waals surface area (Å²) in [5.41, 5.74) is 8.22. The fourth-order valence-corrected chi connectivity index (χ4v) is 7.53. The van der Waals surface area contributed by atoms with Crippen LogP contribution in [-0.4, -0.2) is 4.98 Å². The molecule has 0 saturated heterocycles. The molecule has 234 valence electrons. The van der Waals surface area contributed by atoms with Crippen LogP contribution in [0.1, 0.15) is 0 Å². The minimum absolute atomic E-state index is 0.621. The van der Waals surface area contributed by atoms with Gasteiger partial charge in [-0.15, -0.1) is 0 Å². The largest absolute Gasteiger partial charge is 0.435 e. The van der Waals surface area contributed by atoms with Crippen LogP contribution < -0.4 is 4.90 Å². The van der Waals surface area contributed by atoms with Crippen LogP contribution >= 0.6 is 0 Å². The summed E-state index contributed by atoms with van der Waals surface area (Å²) < 4.78 is 6.72. The molecular weight excluding hydrogens is 609 g/mol. The highest BCUT2D eigenvalue weighted by molar-refractivity contribution is 6.23. The first kappa shape index (κ1) is 28.3. The molecule has 0 aliphatic carbocycles. The maximum atomic E-state index is 6.72. The van der Waals surface area contributed by atoms with Gasteiger partial charge in [-0.05, 0) is 98.0 Å². The second-order valence-corrected chi connectivity index (χ2v) is 12.8. The maximum Gasteiger partial charge on any atom is 0.227 e. The van der Waals surface area contributed by atoms with Gasteiger partial charge in [-0.2, -0.15) is 0 Å². The van der Waals surface area contributed by atoms with Crippen molar-refractivity contribution in [3.63, 3.8) is 0 Å². The van der Waals surface area contributed by atoms with E-state index in [1.807, 2.05) is 30.3 Å². The zero-order valence-electron chi connectivity index (χ0n) is 27.1. The molecule has 1 aromatic heterocycles. The van der Waals surface area contributed by atoms with Crippen LogP contribution in [0.4, 0.5) is 17.1 Å². The Morgan fingerprint density at radius 1 is 0.420 bits per heavy atom. The number of oxazole rings is 1. The Hall–Kier alpha value is -6.71. The Balaban J connectivity index is 1.29. The number of aromatic nitrogens is 1. The number of hydrogen-bond donors (Lipinski definition) is 0. The predicted molar refractivity (Wildman–Crippen MR) is 210 cm³/mol. The highest BCUT2D eigenvalue weighted by atomic mass is 16.3. The molecule has 0 radical (unpaired) electrons. The van der Waals surface area contributed by atoms with Crippen molar-refractivity contribution in [3.8, 4) is 22.6 Å². The molecule has 10 aromatic rings. The second kappa shape index (κ2) is 11.5. The van der Waals surface area contributed by atoms with Gasteiger partial charge in [0.2, 0.25) is 5.89 Å². The first-order valence-electron chi connectivity index (χ1n) is 17.0. The number of para-hydroxylation sites is 1. The third-order valence-corrected chi connectivity index (χ3v) is 9.82. The van der Waals surface area contributed by atoms with Crippen molar-refractivity contribution in [2.24, 2.45) is 0 Å². The molecule has 0 atom stereocenters. The van der Waals surface area contributed by atoms with Crippen LogP contribution in [0.5, 0.6) is 0 Å². The highest BCUT2D eigenvalue weighted by Gasteiger charge is 2.21. The molecular formula is C47H30N2O. The first-order chi connectivity index (χ1) is 24.8. The van der Waals surface area contributed by atoms with Crippen LogP contribution in [0, 0.1) is 0 Å². The molecule has 10 rings (SSSR count). The van der Waals surface area contributed by atoms with Gasteiger partial charge < -0.3 is 9.32 Å². The van der Waals surface area contributed by atoms with Crippen molar-refractivity contribution in [1.82, 2.24) is 4.98 Å². The lowest BCUT2D eigenvalue weighted by Gasteiger charge is -2.28. The zero-order chi connectivity index (χ0) is 33.0. The van der Waals surface area contributed by atoms with Gasteiger partial charge in [-0.25, -0.2) is 4.98 Å². The maximum absolute atomic E-state index is 6.72. The van der Waals surface area contributed by atoms with E-state index in [4.69, 9.17) is 9.40 Å². The summed E-state index contributed by atoms with van der Waals surface area (Å²) in [6, 6.07) is 64.6. The Bertz CT molecular complexity index is 2860. The Labute approximate surface area is 289 Å². The molecule has 0 aliphatic heterocycles. The average Bonchev–Trinajstić information content (AvgIpc) is 3.64. The molecule has 0 bridgehead atoms. The monoisotopic (exact) mass is 638 g/mol. The average molecular weight is 639 g/mol. The van der Waals surface area contributed by atoms with Crippen molar-refractivity contribution >= 4 is 71.3 Å². The van der Waals surface area contributed by atoms with Crippen molar-refractivity contribution in [2.75, 3.05) is 4.90 Å². The van der Waals surface area contributed by atoms with E-state index >= 15 is 0 Å². The summed E-state index contributed by atoms with van der Waals surface area (Å²) in [7, 11) is 0. The molecule has 50 heavy (non-hydrogen) atoms. The molecule has 3 nitrogen and oxygen atoms in total. The molecule has 9 aromatic carbocycles. The second-order valence-electron chi connectivity index (χ2n) is 12.8. The minimum atomic E-state index is 0.621. The molecule has 0 unspecified atom stereocenters. The van der Waals surface area contributed by atoms with Gasteiger partial charge in [0, 0.05) is 27.7 Å². The van der Waals surface area contributed by atoms with Gasteiger partial charge in [-0.3, -0.25) is 0 Å². The Morgan fingerprint density at radius 2 is 1.06 bits per heavy atom. The predicted octanol–water partition coefficient (Wildman–Crippen LogP) is 13.2. The number of anilines is 3. The Kier molecular flexibility index (Phi) is 6.49. The van der Waals surface area contributed by atoms with Crippen LogP contribution in [-0.2, 0) is 0 Å². The number of nitrogens with zero attached hydrogens (tertiary/aromatic N) is 2. The fourth-order valence-electron chi connectivity index (χ4n) is 7.53. The Morgan fingerprint density at radius 3 is 1.84 bits per heavy atom. The highest BCUT2D eigenvalue weighted by Crippen LogP contribution is 2.45. The van der Waals surface area contributed by atoms with Crippen LogP contribution in [0.3, 0.4) is 0 Å². The van der Waals surface area contributed by atoms with Gasteiger partial charge >= 0.3 is 0 Å². The lowest BCUT2D eigenvalue weighted by molar-refractivity contribution is 0.623. The van der Waals surface area contributed by atoms with E-state index in [1.54, 1.807) is 0 Å². The molecule has 3 heteroatoms. The summed E-state index contributed by atoms with van der Waals surface area (Å²) >= 11 is 0. The molecule has 0 aliphatic rings. The van der Waals surface area contributed by atoms with Crippen molar-refractivity contribution in [3.05, 3.63) is 182 Å². The van der Waals surface area contributed by atoms with E-state index in [1.165, 1.54) is 32.7 Å².